The van der Waals surface area contributed by atoms with Crippen molar-refractivity contribution in [2.24, 2.45) is 0 Å². The van der Waals surface area contributed by atoms with Crippen LogP contribution in [0, 0.1) is 18.6 Å². The Kier molecular flexibility index (Phi) is 5.60. The maximum atomic E-state index is 13.4. The van der Waals surface area contributed by atoms with Gasteiger partial charge in [0.2, 0.25) is 0 Å². The van der Waals surface area contributed by atoms with E-state index >= 15 is 0 Å². The molecule has 0 radical (unpaired) electrons. The third-order valence-electron chi connectivity index (χ3n) is 4.64. The molecule has 0 bridgehead atoms. The van der Waals surface area contributed by atoms with Crippen molar-refractivity contribution in [2.75, 3.05) is 17.8 Å². The molecule has 0 saturated carbocycles. The van der Waals surface area contributed by atoms with Crippen molar-refractivity contribution in [2.45, 2.75) is 24.0 Å². The normalized spacial score (nSPS) is 14.3. The summed E-state index contributed by atoms with van der Waals surface area (Å²) in [7, 11) is -3.98. The third-order valence-corrected chi connectivity index (χ3v) is 8.66. The Hall–Kier alpha value is -2.37. The van der Waals surface area contributed by atoms with E-state index in [4.69, 9.17) is 0 Å². The van der Waals surface area contributed by atoms with E-state index in [1.54, 1.807) is 17.2 Å². The van der Waals surface area contributed by atoms with Crippen LogP contribution in [0.2, 0.25) is 0 Å². The van der Waals surface area contributed by atoms with Gasteiger partial charge in [0, 0.05) is 30.1 Å². The number of aryl methyl sites for hydroxylation is 1. The van der Waals surface area contributed by atoms with Crippen molar-refractivity contribution < 1.29 is 22.0 Å². The molecule has 1 N–H and O–H groups in total. The molecule has 30 heavy (non-hydrogen) atoms. The molecule has 1 aliphatic heterocycles. The summed E-state index contributed by atoms with van der Waals surface area (Å²) >= 11 is 2.22. The second-order valence-electron chi connectivity index (χ2n) is 6.82. The molecule has 1 aromatic carbocycles. The van der Waals surface area contributed by atoms with Crippen LogP contribution in [0.3, 0.4) is 0 Å². The molecule has 1 saturated heterocycles. The van der Waals surface area contributed by atoms with Crippen molar-refractivity contribution in [3.05, 3.63) is 51.9 Å². The van der Waals surface area contributed by atoms with Gasteiger partial charge in [0.1, 0.15) is 14.1 Å². The minimum Gasteiger partial charge on any atom is -0.338 e. The highest BCUT2D eigenvalue weighted by Crippen LogP contribution is 2.34. The lowest BCUT2D eigenvalue weighted by molar-refractivity contribution is 0.0796. The predicted octanol–water partition coefficient (Wildman–Crippen LogP) is 4.50. The first-order valence-corrected chi connectivity index (χ1v) is 12.3. The number of likely N-dealkylation sites (tertiary alicyclic amines) is 1. The Balaban J connectivity index is 1.57. The average Bonchev–Trinajstić information content (AvgIpc) is 3.44. The molecule has 0 atom stereocenters. The van der Waals surface area contributed by atoms with E-state index in [2.05, 4.69) is 9.71 Å². The third kappa shape index (κ3) is 4.09. The number of hydrogen-bond donors (Lipinski definition) is 1. The van der Waals surface area contributed by atoms with Crippen molar-refractivity contribution >= 4 is 44.3 Å². The number of aromatic nitrogens is 1. The van der Waals surface area contributed by atoms with Crippen LogP contribution >= 0.6 is 22.7 Å². The van der Waals surface area contributed by atoms with Gasteiger partial charge < -0.3 is 4.90 Å². The van der Waals surface area contributed by atoms with Crippen molar-refractivity contribution in [3.63, 3.8) is 0 Å². The Labute approximate surface area is 180 Å². The van der Waals surface area contributed by atoms with Gasteiger partial charge in [0.05, 0.1) is 11.4 Å². The van der Waals surface area contributed by atoms with Gasteiger partial charge in [-0.05, 0) is 38.0 Å². The number of thiophene rings is 1. The molecule has 1 amide bonds. The van der Waals surface area contributed by atoms with Crippen LogP contribution < -0.4 is 4.72 Å². The number of nitrogens with zero attached hydrogens (tertiary/aromatic N) is 2. The van der Waals surface area contributed by atoms with Crippen LogP contribution in [-0.4, -0.2) is 37.3 Å². The van der Waals surface area contributed by atoms with Gasteiger partial charge in [-0.1, -0.05) is 0 Å². The maximum Gasteiger partial charge on any atom is 0.271 e. The van der Waals surface area contributed by atoms with Crippen LogP contribution in [-0.2, 0) is 10.0 Å². The number of thiazole rings is 1. The van der Waals surface area contributed by atoms with Gasteiger partial charge in [-0.2, -0.15) is 0 Å². The molecule has 1 aliphatic rings. The fourth-order valence-electron chi connectivity index (χ4n) is 3.12. The molecule has 0 aliphatic carbocycles. The fraction of sp³-hybridized carbons (Fsp3) is 0.263. The van der Waals surface area contributed by atoms with E-state index in [0.717, 1.165) is 55.5 Å². The first kappa shape index (κ1) is 20.9. The highest BCUT2D eigenvalue weighted by molar-refractivity contribution is 7.94. The first-order chi connectivity index (χ1) is 14.2. The van der Waals surface area contributed by atoms with Crippen LogP contribution in [0.1, 0.15) is 28.2 Å². The van der Waals surface area contributed by atoms with Crippen molar-refractivity contribution in [3.8, 4) is 10.6 Å². The van der Waals surface area contributed by atoms with E-state index in [1.165, 1.54) is 17.4 Å². The molecular weight excluding hydrogens is 452 g/mol. The minimum absolute atomic E-state index is 0.00232. The minimum atomic E-state index is -3.98. The molecular formula is C19H17F2N3O3S3. The zero-order valence-corrected chi connectivity index (χ0v) is 18.3. The molecule has 6 nitrogen and oxygen atoms in total. The maximum absolute atomic E-state index is 13.4. The first-order valence-electron chi connectivity index (χ1n) is 9.08. The fourth-order valence-corrected chi connectivity index (χ4v) is 6.43. The van der Waals surface area contributed by atoms with Gasteiger partial charge in [-0.15, -0.1) is 22.7 Å². The van der Waals surface area contributed by atoms with E-state index in [-0.39, 0.29) is 15.8 Å². The molecule has 4 rings (SSSR count). The van der Waals surface area contributed by atoms with Crippen LogP contribution in [0.25, 0.3) is 10.6 Å². The van der Waals surface area contributed by atoms with Gasteiger partial charge in [0.25, 0.3) is 15.9 Å². The zero-order valence-electron chi connectivity index (χ0n) is 15.8. The van der Waals surface area contributed by atoms with E-state index in [0.29, 0.717) is 21.1 Å². The molecule has 0 unspecified atom stereocenters. The largest absolute Gasteiger partial charge is 0.338 e. The molecule has 2 aromatic heterocycles. The van der Waals surface area contributed by atoms with E-state index < -0.39 is 21.7 Å². The predicted molar refractivity (Wildman–Crippen MR) is 112 cm³/mol. The molecule has 158 valence electrons. The number of hydrogen-bond acceptors (Lipinski definition) is 6. The lowest BCUT2D eigenvalue weighted by Crippen LogP contribution is -2.27. The number of benzene rings is 1. The standard InChI is InChI=1S/C19H17F2N3O3S3/c1-11-17(19(25)24-6-2-3-7-24)29-18(22-11)12-8-16(28-10-12)30(26,27)23-13-4-5-14(20)15(21)9-13/h4-5,8-10,23H,2-3,6-7H2,1H3. The van der Waals surface area contributed by atoms with E-state index in [1.807, 2.05) is 0 Å². The number of nitrogens with one attached hydrogen (secondary N) is 1. The summed E-state index contributed by atoms with van der Waals surface area (Å²) in [6, 6.07) is 4.23. The second-order valence-corrected chi connectivity index (χ2v) is 10.6. The number of carbonyl (C=O) groups is 1. The lowest BCUT2D eigenvalue weighted by Gasteiger charge is -2.13. The molecule has 3 heterocycles. The van der Waals surface area contributed by atoms with Crippen LogP contribution in [0.15, 0.2) is 33.9 Å². The molecule has 3 aromatic rings. The summed E-state index contributed by atoms with van der Waals surface area (Å²) in [5.74, 6) is -2.25. The van der Waals surface area contributed by atoms with Crippen LogP contribution in [0.5, 0.6) is 0 Å². The van der Waals surface area contributed by atoms with Gasteiger partial charge in [-0.25, -0.2) is 22.2 Å². The number of carbonyl (C=O) groups excluding carboxylic acids is 1. The number of amides is 1. The average molecular weight is 470 g/mol. The van der Waals surface area contributed by atoms with Gasteiger partial charge in [-0.3, -0.25) is 9.52 Å². The van der Waals surface area contributed by atoms with E-state index in [9.17, 15) is 22.0 Å². The molecule has 1 fully saturated rings. The number of sulfonamides is 1. The van der Waals surface area contributed by atoms with Crippen molar-refractivity contribution in [1.29, 1.82) is 0 Å². The summed E-state index contributed by atoms with van der Waals surface area (Å²) in [5.41, 5.74) is 1.12. The highest BCUT2D eigenvalue weighted by Gasteiger charge is 2.25. The summed E-state index contributed by atoms with van der Waals surface area (Å²) in [5, 5.41) is 2.20. The Bertz CT molecular complexity index is 1210. The summed E-state index contributed by atoms with van der Waals surface area (Å²) in [4.78, 5) is 19.5. The number of anilines is 1. The summed E-state index contributed by atoms with van der Waals surface area (Å²) in [6.45, 7) is 3.24. The zero-order chi connectivity index (χ0) is 21.5. The summed E-state index contributed by atoms with van der Waals surface area (Å²) < 4.78 is 53.9. The Morgan fingerprint density at radius 3 is 2.60 bits per heavy atom. The topological polar surface area (TPSA) is 79.4 Å². The van der Waals surface area contributed by atoms with Crippen LogP contribution in [0.4, 0.5) is 14.5 Å². The quantitative estimate of drug-likeness (QED) is 0.597. The SMILES string of the molecule is Cc1nc(-c2csc(S(=O)(=O)Nc3ccc(F)c(F)c3)c2)sc1C(=O)N1CCCC1. The lowest BCUT2D eigenvalue weighted by atomic mass is 10.3. The van der Waals surface area contributed by atoms with Gasteiger partial charge in [0.15, 0.2) is 11.6 Å². The number of halogens is 2. The second kappa shape index (κ2) is 8.05. The Morgan fingerprint density at radius 2 is 1.90 bits per heavy atom. The molecule has 11 heteroatoms. The monoisotopic (exact) mass is 469 g/mol. The summed E-state index contributed by atoms with van der Waals surface area (Å²) in [6.07, 6.45) is 1.99. The smallest absolute Gasteiger partial charge is 0.271 e. The Morgan fingerprint density at radius 1 is 1.17 bits per heavy atom. The number of rotatable bonds is 5. The molecule has 0 spiro atoms. The van der Waals surface area contributed by atoms with Gasteiger partial charge >= 0.3 is 0 Å². The van der Waals surface area contributed by atoms with Crippen molar-refractivity contribution in [1.82, 2.24) is 9.88 Å². The highest BCUT2D eigenvalue weighted by atomic mass is 32.2.